The van der Waals surface area contributed by atoms with Gasteiger partial charge in [0.25, 0.3) is 0 Å². The molecule has 0 unspecified atom stereocenters. The van der Waals surface area contributed by atoms with Gasteiger partial charge in [0.15, 0.2) is 9.84 Å². The van der Waals surface area contributed by atoms with Crippen molar-refractivity contribution in [3.8, 4) is 28.2 Å². The van der Waals surface area contributed by atoms with Crippen molar-refractivity contribution in [2.45, 2.75) is 51.0 Å². The zero-order chi connectivity index (χ0) is 25.5. The fourth-order valence-corrected chi connectivity index (χ4v) is 4.91. The monoisotopic (exact) mass is 488 g/mol. The van der Waals surface area contributed by atoms with E-state index in [9.17, 15) is 13.5 Å². The molecule has 6 heteroatoms. The van der Waals surface area contributed by atoms with E-state index in [1.807, 2.05) is 49.5 Å². The number of hydrogen-bond acceptors (Lipinski definition) is 4. The Balaban J connectivity index is 1.88. The lowest BCUT2D eigenvalue weighted by molar-refractivity contribution is 0.0743. The summed E-state index contributed by atoms with van der Waals surface area (Å²) in [6, 6.07) is 21.3. The summed E-state index contributed by atoms with van der Waals surface area (Å²) >= 11 is 0. The maximum atomic E-state index is 12.0. The summed E-state index contributed by atoms with van der Waals surface area (Å²) < 4.78 is 26.1. The Labute approximate surface area is 208 Å². The second kappa shape index (κ2) is 9.10. The first-order valence-corrected chi connectivity index (χ1v) is 13.6. The maximum absolute atomic E-state index is 12.0. The average molecular weight is 489 g/mol. The minimum Gasteiger partial charge on any atom is -0.384 e. The summed E-state index contributed by atoms with van der Waals surface area (Å²) in [6.45, 7) is 9.83. The molecule has 0 saturated carbocycles. The lowest BCUT2D eigenvalue weighted by Crippen LogP contribution is -2.15. The molecule has 4 aromatic rings. The van der Waals surface area contributed by atoms with Crippen LogP contribution in [0.1, 0.15) is 50.4 Å². The molecule has 0 bridgehead atoms. The van der Waals surface area contributed by atoms with E-state index in [4.69, 9.17) is 4.98 Å². The lowest BCUT2D eigenvalue weighted by atomic mass is 9.98. The quantitative estimate of drug-likeness (QED) is 0.347. The number of hydrogen-bond donors (Lipinski definition) is 1. The highest BCUT2D eigenvalue weighted by molar-refractivity contribution is 7.90. The van der Waals surface area contributed by atoms with Crippen molar-refractivity contribution in [2.75, 3.05) is 6.26 Å². The molecule has 0 fully saturated rings. The van der Waals surface area contributed by atoms with Crippen LogP contribution in [0.3, 0.4) is 0 Å². The Bertz CT molecular complexity index is 1490. The van der Waals surface area contributed by atoms with E-state index >= 15 is 0 Å². The van der Waals surface area contributed by atoms with Crippen LogP contribution in [0.2, 0.25) is 0 Å². The van der Waals surface area contributed by atoms with Gasteiger partial charge < -0.3 is 5.11 Å². The molecule has 1 aromatic heterocycles. The summed E-state index contributed by atoms with van der Waals surface area (Å²) in [6.07, 6.45) is 3.13. The second-order valence-electron chi connectivity index (χ2n) is 9.92. The van der Waals surface area contributed by atoms with Crippen molar-refractivity contribution in [1.82, 2.24) is 9.55 Å². The van der Waals surface area contributed by atoms with Crippen LogP contribution in [0.5, 0.6) is 0 Å². The maximum Gasteiger partial charge on any atom is 0.175 e. The summed E-state index contributed by atoms with van der Waals surface area (Å²) in [5.74, 6) is 1.07. The van der Waals surface area contributed by atoms with Crippen molar-refractivity contribution in [1.29, 1.82) is 0 Å². The zero-order valence-electron chi connectivity index (χ0n) is 21.1. The highest BCUT2D eigenvalue weighted by atomic mass is 32.2. The number of benzene rings is 3. The van der Waals surface area contributed by atoms with Gasteiger partial charge in [-0.2, -0.15) is 0 Å². The topological polar surface area (TPSA) is 72.2 Å². The fourth-order valence-electron chi connectivity index (χ4n) is 4.24. The van der Waals surface area contributed by atoms with Crippen LogP contribution in [-0.2, 0) is 15.4 Å². The third kappa shape index (κ3) is 5.09. The Hall–Kier alpha value is -3.22. The first kappa shape index (κ1) is 24.9. The predicted molar refractivity (Wildman–Crippen MR) is 142 cm³/mol. The average Bonchev–Trinajstić information content (AvgIpc) is 3.24. The molecule has 1 N–H and O–H groups in total. The molecule has 1 heterocycles. The van der Waals surface area contributed by atoms with E-state index in [0.717, 1.165) is 33.8 Å². The van der Waals surface area contributed by atoms with Gasteiger partial charge in [-0.05, 0) is 67.1 Å². The van der Waals surface area contributed by atoms with Crippen LogP contribution in [0.25, 0.3) is 28.2 Å². The van der Waals surface area contributed by atoms with E-state index in [1.54, 1.807) is 32.0 Å². The SMILES string of the molecule is Cc1cc(-c2cccc(S(C)(=O)=O)c2)ccc1-c1nc(C(C)(C)O)cn1-c1ccccc1C(C)C. The number of sulfone groups is 1. The number of para-hydroxylation sites is 1. The molecular formula is C29H32N2O3S. The summed E-state index contributed by atoms with van der Waals surface area (Å²) in [7, 11) is -3.29. The summed E-state index contributed by atoms with van der Waals surface area (Å²) in [5, 5.41) is 10.7. The normalized spacial score (nSPS) is 12.3. The molecule has 0 aliphatic carbocycles. The molecule has 0 spiro atoms. The van der Waals surface area contributed by atoms with Gasteiger partial charge in [-0.3, -0.25) is 4.57 Å². The van der Waals surface area contributed by atoms with Gasteiger partial charge >= 0.3 is 0 Å². The molecular weight excluding hydrogens is 456 g/mol. The molecule has 0 saturated heterocycles. The van der Waals surface area contributed by atoms with E-state index < -0.39 is 15.4 Å². The smallest absolute Gasteiger partial charge is 0.175 e. The van der Waals surface area contributed by atoms with Crippen molar-refractivity contribution >= 4 is 9.84 Å². The minimum absolute atomic E-state index is 0.299. The predicted octanol–water partition coefficient (Wildman–Crippen LogP) is 6.27. The molecule has 182 valence electrons. The van der Waals surface area contributed by atoms with Gasteiger partial charge in [-0.25, -0.2) is 13.4 Å². The Morgan fingerprint density at radius 3 is 2.26 bits per heavy atom. The van der Waals surface area contributed by atoms with Gasteiger partial charge in [0.2, 0.25) is 0 Å². The molecule has 0 aliphatic heterocycles. The van der Waals surface area contributed by atoms with Crippen LogP contribution < -0.4 is 0 Å². The number of nitrogens with zero attached hydrogens (tertiary/aromatic N) is 2. The van der Waals surface area contributed by atoms with Crippen LogP contribution in [0.4, 0.5) is 0 Å². The van der Waals surface area contributed by atoms with E-state index in [1.165, 1.54) is 11.8 Å². The Kier molecular flexibility index (Phi) is 6.47. The first-order valence-electron chi connectivity index (χ1n) is 11.7. The van der Waals surface area contributed by atoms with Crippen LogP contribution >= 0.6 is 0 Å². The van der Waals surface area contributed by atoms with Crippen LogP contribution in [0, 0.1) is 6.92 Å². The summed E-state index contributed by atoms with van der Waals surface area (Å²) in [4.78, 5) is 5.17. The van der Waals surface area contributed by atoms with Crippen molar-refractivity contribution in [3.05, 3.63) is 89.7 Å². The molecule has 0 radical (unpaired) electrons. The number of aliphatic hydroxyl groups is 1. The molecule has 3 aromatic carbocycles. The standard InChI is InChI=1S/C29H32N2O3S/c1-19(2)24-12-7-8-13-26(24)31-18-27(29(4,5)32)30-28(31)25-15-14-22(16-20(25)3)21-10-9-11-23(17-21)35(6,33)34/h7-19,32H,1-6H3. The third-order valence-electron chi connectivity index (χ3n) is 6.21. The summed E-state index contributed by atoms with van der Waals surface area (Å²) in [5.41, 5.74) is 5.45. The molecule has 5 nitrogen and oxygen atoms in total. The fraction of sp³-hybridized carbons (Fsp3) is 0.276. The van der Waals surface area contributed by atoms with Crippen molar-refractivity contribution < 1.29 is 13.5 Å². The highest BCUT2D eigenvalue weighted by Crippen LogP contribution is 2.34. The van der Waals surface area contributed by atoms with Crippen molar-refractivity contribution in [2.24, 2.45) is 0 Å². The minimum atomic E-state index is -3.29. The van der Waals surface area contributed by atoms with Crippen LogP contribution in [-0.4, -0.2) is 29.3 Å². The Morgan fingerprint density at radius 2 is 1.63 bits per heavy atom. The third-order valence-corrected chi connectivity index (χ3v) is 7.32. The van der Waals surface area contributed by atoms with E-state index in [-0.39, 0.29) is 0 Å². The molecule has 4 rings (SSSR count). The van der Waals surface area contributed by atoms with Gasteiger partial charge in [-0.1, -0.05) is 62.4 Å². The number of imidazole rings is 1. The van der Waals surface area contributed by atoms with Gasteiger partial charge in [-0.15, -0.1) is 0 Å². The largest absolute Gasteiger partial charge is 0.384 e. The van der Waals surface area contributed by atoms with Crippen LogP contribution in [0.15, 0.2) is 77.8 Å². The molecule has 0 atom stereocenters. The highest BCUT2D eigenvalue weighted by Gasteiger charge is 2.24. The van der Waals surface area contributed by atoms with Gasteiger partial charge in [0.1, 0.15) is 11.4 Å². The molecule has 0 aliphatic rings. The van der Waals surface area contributed by atoms with Gasteiger partial charge in [0.05, 0.1) is 16.3 Å². The first-order chi connectivity index (χ1) is 16.4. The molecule has 0 amide bonds. The number of aromatic nitrogens is 2. The zero-order valence-corrected chi connectivity index (χ0v) is 21.9. The van der Waals surface area contributed by atoms with E-state index in [0.29, 0.717) is 16.5 Å². The Morgan fingerprint density at radius 1 is 0.943 bits per heavy atom. The second-order valence-corrected chi connectivity index (χ2v) is 11.9. The van der Waals surface area contributed by atoms with Gasteiger partial charge in [0, 0.05) is 18.0 Å². The number of rotatable bonds is 6. The molecule has 35 heavy (non-hydrogen) atoms. The van der Waals surface area contributed by atoms with E-state index in [2.05, 4.69) is 30.5 Å². The number of aryl methyl sites for hydroxylation is 1. The van der Waals surface area contributed by atoms with Crippen molar-refractivity contribution in [3.63, 3.8) is 0 Å². The lowest BCUT2D eigenvalue weighted by Gasteiger charge is -2.17.